The maximum absolute atomic E-state index is 12.5. The van der Waals surface area contributed by atoms with Crippen molar-refractivity contribution in [2.24, 2.45) is 0 Å². The Bertz CT molecular complexity index is 1210. The number of hydrogen-bond donors (Lipinski definition) is 3. The van der Waals surface area contributed by atoms with Crippen molar-refractivity contribution in [3.05, 3.63) is 12.2 Å². The van der Waals surface area contributed by atoms with Gasteiger partial charge in [0.2, 0.25) is 5.91 Å². The molecule has 0 aromatic rings. The van der Waals surface area contributed by atoms with Gasteiger partial charge in [0.1, 0.15) is 0 Å². The molecule has 0 aliphatic rings. The predicted molar refractivity (Wildman–Crippen MR) is 352 cm³/mol. The molecule has 0 fully saturated rings. The molecular formula is C74H145NO5. The lowest BCUT2D eigenvalue weighted by molar-refractivity contribution is -0.143. The Morgan fingerprint density at radius 3 is 0.887 bits per heavy atom. The van der Waals surface area contributed by atoms with E-state index in [2.05, 4.69) is 31.3 Å². The van der Waals surface area contributed by atoms with E-state index in [4.69, 9.17) is 4.74 Å². The van der Waals surface area contributed by atoms with Gasteiger partial charge in [0, 0.05) is 12.8 Å². The number of aliphatic hydroxyl groups is 2. The van der Waals surface area contributed by atoms with Crippen LogP contribution in [0, 0.1) is 0 Å². The van der Waals surface area contributed by atoms with Gasteiger partial charge in [-0.15, -0.1) is 0 Å². The van der Waals surface area contributed by atoms with Crippen molar-refractivity contribution < 1.29 is 24.5 Å². The van der Waals surface area contributed by atoms with Crippen LogP contribution in [0.25, 0.3) is 0 Å². The Kier molecular flexibility index (Phi) is 68.9. The number of carbonyl (C=O) groups excluding carboxylic acids is 2. The molecule has 476 valence electrons. The molecule has 1 amide bonds. The molecule has 0 spiro atoms. The van der Waals surface area contributed by atoms with Crippen LogP contribution in [0.5, 0.6) is 0 Å². The molecule has 80 heavy (non-hydrogen) atoms. The smallest absolute Gasteiger partial charge is 0.305 e. The first-order chi connectivity index (χ1) is 39.5. The van der Waals surface area contributed by atoms with Crippen LogP contribution in [0.1, 0.15) is 425 Å². The highest BCUT2D eigenvalue weighted by molar-refractivity contribution is 5.76. The van der Waals surface area contributed by atoms with Gasteiger partial charge in [-0.2, -0.15) is 0 Å². The SMILES string of the molecule is CCCCCCCCC/C=C\CCCCCCCCCC(=O)OCCCCCCCCCCCCCCCCCCCCCCCCCCCCCCCCC(=O)NC(CO)C(O)CCCCCCCCCCCCCCCCC. The van der Waals surface area contributed by atoms with Crippen LogP contribution in [0.2, 0.25) is 0 Å². The third kappa shape index (κ3) is 65.7. The number of carbonyl (C=O) groups is 2. The van der Waals surface area contributed by atoms with E-state index in [1.165, 1.54) is 347 Å². The molecule has 2 unspecified atom stereocenters. The minimum atomic E-state index is -0.661. The number of nitrogens with one attached hydrogen (secondary N) is 1. The van der Waals surface area contributed by atoms with Crippen LogP contribution in [0.3, 0.4) is 0 Å². The second kappa shape index (κ2) is 70.1. The summed E-state index contributed by atoms with van der Waals surface area (Å²) in [5, 5.41) is 23.3. The summed E-state index contributed by atoms with van der Waals surface area (Å²) in [6.07, 6.45) is 87.1. The number of ether oxygens (including phenoxy) is 1. The van der Waals surface area contributed by atoms with Crippen molar-refractivity contribution in [2.75, 3.05) is 13.2 Å². The number of unbranched alkanes of at least 4 members (excludes halogenated alkanes) is 57. The minimum absolute atomic E-state index is 0.0183. The van der Waals surface area contributed by atoms with E-state index in [9.17, 15) is 19.8 Å². The molecule has 0 aromatic carbocycles. The zero-order valence-corrected chi connectivity index (χ0v) is 54.6. The molecule has 0 aliphatic heterocycles. The van der Waals surface area contributed by atoms with Gasteiger partial charge in [0.15, 0.2) is 0 Å². The Morgan fingerprint density at radius 1 is 0.338 bits per heavy atom. The molecule has 0 heterocycles. The van der Waals surface area contributed by atoms with Crippen molar-refractivity contribution in [3.63, 3.8) is 0 Å². The standard InChI is InChI=1S/C74H145NO5/c1-3-5-7-9-11-13-15-17-19-20-36-40-44-48-52-56-60-64-68-74(79)80-69-65-61-57-53-49-45-41-37-34-32-30-28-26-24-22-21-23-25-27-29-31-33-35-39-43-47-51-55-59-63-67-73(78)75-71(70-76)72(77)66-62-58-54-50-46-42-38-18-16-14-12-10-8-6-4-2/h19-20,71-72,76-77H,3-18,21-70H2,1-2H3,(H,75,78)/b20-19-. The van der Waals surface area contributed by atoms with Gasteiger partial charge in [-0.3, -0.25) is 9.59 Å². The summed E-state index contributed by atoms with van der Waals surface area (Å²) < 4.78 is 5.51. The Labute approximate surface area is 501 Å². The molecule has 6 heteroatoms. The van der Waals surface area contributed by atoms with E-state index in [1.54, 1.807) is 0 Å². The average molecular weight is 1130 g/mol. The fourth-order valence-corrected chi connectivity index (χ4v) is 11.9. The lowest BCUT2D eigenvalue weighted by atomic mass is 10.0. The second-order valence-electron chi connectivity index (χ2n) is 25.6. The molecule has 0 aromatic heterocycles. The lowest BCUT2D eigenvalue weighted by Crippen LogP contribution is -2.45. The van der Waals surface area contributed by atoms with Crippen LogP contribution in [0.4, 0.5) is 0 Å². The maximum Gasteiger partial charge on any atom is 0.305 e. The zero-order chi connectivity index (χ0) is 57.8. The first kappa shape index (κ1) is 78.6. The van der Waals surface area contributed by atoms with Crippen LogP contribution in [-0.4, -0.2) is 47.4 Å². The topological polar surface area (TPSA) is 95.9 Å². The molecule has 0 rings (SSSR count). The third-order valence-corrected chi connectivity index (χ3v) is 17.6. The molecule has 0 aliphatic carbocycles. The number of allylic oxidation sites excluding steroid dienone is 2. The summed E-state index contributed by atoms with van der Waals surface area (Å²) in [5.41, 5.74) is 0. The van der Waals surface area contributed by atoms with Gasteiger partial charge in [0.05, 0.1) is 25.4 Å². The summed E-state index contributed by atoms with van der Waals surface area (Å²) >= 11 is 0. The van der Waals surface area contributed by atoms with Crippen LogP contribution < -0.4 is 5.32 Å². The molecule has 3 N–H and O–H groups in total. The van der Waals surface area contributed by atoms with Gasteiger partial charge in [-0.25, -0.2) is 0 Å². The van der Waals surface area contributed by atoms with E-state index in [0.717, 1.165) is 44.9 Å². The number of esters is 1. The molecular weight excluding hydrogens is 983 g/mol. The average Bonchev–Trinajstić information content (AvgIpc) is 3.46. The van der Waals surface area contributed by atoms with E-state index in [1.807, 2.05) is 0 Å². The van der Waals surface area contributed by atoms with Crippen molar-refractivity contribution in [1.29, 1.82) is 0 Å². The number of aliphatic hydroxyl groups excluding tert-OH is 2. The summed E-state index contributed by atoms with van der Waals surface area (Å²) in [7, 11) is 0. The first-order valence-corrected chi connectivity index (χ1v) is 36.9. The number of hydrogen-bond acceptors (Lipinski definition) is 5. The number of amides is 1. The van der Waals surface area contributed by atoms with Crippen molar-refractivity contribution in [2.45, 2.75) is 437 Å². The number of rotatable bonds is 70. The van der Waals surface area contributed by atoms with Gasteiger partial charge < -0.3 is 20.3 Å². The van der Waals surface area contributed by atoms with E-state index < -0.39 is 12.1 Å². The third-order valence-electron chi connectivity index (χ3n) is 17.6. The highest BCUT2D eigenvalue weighted by atomic mass is 16.5. The van der Waals surface area contributed by atoms with Gasteiger partial charge in [-0.1, -0.05) is 373 Å². The summed E-state index contributed by atoms with van der Waals surface area (Å²) in [6.45, 7) is 4.99. The minimum Gasteiger partial charge on any atom is -0.466 e. The normalized spacial score (nSPS) is 12.5. The molecule has 2 atom stereocenters. The summed E-state index contributed by atoms with van der Waals surface area (Å²) in [5.74, 6) is -0.00923. The first-order valence-electron chi connectivity index (χ1n) is 36.9. The van der Waals surface area contributed by atoms with Crippen molar-refractivity contribution in [3.8, 4) is 0 Å². The molecule has 0 bridgehead atoms. The predicted octanol–water partition coefficient (Wildman–Crippen LogP) is 23.9. The Hall–Kier alpha value is -1.40. The van der Waals surface area contributed by atoms with Crippen LogP contribution in [-0.2, 0) is 14.3 Å². The summed E-state index contributed by atoms with van der Waals surface area (Å²) in [4.78, 5) is 24.6. The molecule has 0 saturated carbocycles. The second-order valence-corrected chi connectivity index (χ2v) is 25.6. The largest absolute Gasteiger partial charge is 0.466 e. The van der Waals surface area contributed by atoms with E-state index in [-0.39, 0.29) is 18.5 Å². The Morgan fingerprint density at radius 2 is 0.588 bits per heavy atom. The maximum atomic E-state index is 12.5. The highest BCUT2D eigenvalue weighted by Crippen LogP contribution is 2.20. The van der Waals surface area contributed by atoms with E-state index >= 15 is 0 Å². The van der Waals surface area contributed by atoms with Crippen LogP contribution in [0.15, 0.2) is 12.2 Å². The lowest BCUT2D eigenvalue weighted by Gasteiger charge is -2.22. The molecule has 0 saturated heterocycles. The summed E-state index contributed by atoms with van der Waals surface area (Å²) in [6, 6.07) is -0.537. The van der Waals surface area contributed by atoms with Gasteiger partial charge in [-0.05, 0) is 51.4 Å². The quantitative estimate of drug-likeness (QED) is 0.0320. The van der Waals surface area contributed by atoms with Crippen molar-refractivity contribution >= 4 is 11.9 Å². The zero-order valence-electron chi connectivity index (χ0n) is 54.6. The van der Waals surface area contributed by atoms with Crippen molar-refractivity contribution in [1.82, 2.24) is 5.32 Å². The van der Waals surface area contributed by atoms with Crippen LogP contribution >= 0.6 is 0 Å². The van der Waals surface area contributed by atoms with E-state index in [0.29, 0.717) is 25.9 Å². The fourth-order valence-electron chi connectivity index (χ4n) is 11.9. The molecule has 6 nitrogen and oxygen atoms in total. The molecule has 0 radical (unpaired) electrons. The Balaban J connectivity index is 3.31. The monoisotopic (exact) mass is 1130 g/mol. The fraction of sp³-hybridized carbons (Fsp3) is 0.946. The highest BCUT2D eigenvalue weighted by Gasteiger charge is 2.20. The van der Waals surface area contributed by atoms with Gasteiger partial charge in [0.25, 0.3) is 0 Å². The van der Waals surface area contributed by atoms with Gasteiger partial charge >= 0.3 is 5.97 Å².